The molecule has 17 heavy (non-hydrogen) atoms. The van der Waals surface area contributed by atoms with Crippen molar-refractivity contribution in [2.45, 2.75) is 56.6 Å². The summed E-state index contributed by atoms with van der Waals surface area (Å²) in [5.41, 5.74) is 6.30. The van der Waals surface area contributed by atoms with Crippen LogP contribution >= 0.6 is 11.8 Å². The van der Waals surface area contributed by atoms with Gasteiger partial charge in [-0.3, -0.25) is 0 Å². The molecule has 0 spiro atoms. The van der Waals surface area contributed by atoms with Crippen LogP contribution in [0.2, 0.25) is 0 Å². The first kappa shape index (κ1) is 13.7. The zero-order chi connectivity index (χ0) is 12.4. The summed E-state index contributed by atoms with van der Waals surface area (Å²) in [5, 5.41) is 1.58. The molecule has 1 saturated heterocycles. The van der Waals surface area contributed by atoms with Crippen molar-refractivity contribution < 1.29 is 0 Å². The quantitative estimate of drug-likeness (QED) is 0.823. The molecule has 0 aromatic rings. The van der Waals surface area contributed by atoms with Gasteiger partial charge < -0.3 is 10.6 Å². The van der Waals surface area contributed by atoms with E-state index in [1.165, 1.54) is 38.9 Å². The highest BCUT2D eigenvalue weighted by molar-refractivity contribution is 8.00. The van der Waals surface area contributed by atoms with E-state index in [1.54, 1.807) is 0 Å². The molecule has 5 unspecified atom stereocenters. The van der Waals surface area contributed by atoms with Crippen molar-refractivity contribution in [3.63, 3.8) is 0 Å². The summed E-state index contributed by atoms with van der Waals surface area (Å²) in [5.74, 6) is 1.62. The Labute approximate surface area is 111 Å². The van der Waals surface area contributed by atoms with Crippen molar-refractivity contribution in [1.29, 1.82) is 0 Å². The van der Waals surface area contributed by atoms with Crippen LogP contribution in [0.1, 0.15) is 40.0 Å². The zero-order valence-electron chi connectivity index (χ0n) is 11.6. The number of rotatable bonds is 2. The first-order valence-electron chi connectivity index (χ1n) is 7.18. The van der Waals surface area contributed by atoms with Crippen LogP contribution < -0.4 is 5.73 Å². The summed E-state index contributed by atoms with van der Waals surface area (Å²) in [6.45, 7) is 10.9. The molecular formula is C14H28N2S. The monoisotopic (exact) mass is 256 g/mol. The zero-order valence-corrected chi connectivity index (χ0v) is 12.4. The Morgan fingerprint density at radius 1 is 1.12 bits per heavy atom. The van der Waals surface area contributed by atoms with Crippen LogP contribution in [0, 0.1) is 11.8 Å². The molecule has 1 saturated carbocycles. The number of hydrogen-bond donors (Lipinski definition) is 1. The summed E-state index contributed by atoms with van der Waals surface area (Å²) >= 11 is 2.14. The summed E-state index contributed by atoms with van der Waals surface area (Å²) in [6.07, 6.45) is 3.91. The first-order valence-corrected chi connectivity index (χ1v) is 8.12. The maximum atomic E-state index is 6.30. The fourth-order valence-corrected chi connectivity index (χ4v) is 4.88. The number of nitrogens with two attached hydrogens (primary N) is 1. The van der Waals surface area contributed by atoms with E-state index in [2.05, 4.69) is 37.4 Å². The average molecular weight is 256 g/mol. The molecule has 2 nitrogen and oxygen atoms in total. The third kappa shape index (κ3) is 3.87. The second-order valence-electron chi connectivity index (χ2n) is 6.32. The Balaban J connectivity index is 1.86. The van der Waals surface area contributed by atoms with Gasteiger partial charge in [0.2, 0.25) is 0 Å². The fraction of sp³-hybridized carbons (Fsp3) is 1.00. The Morgan fingerprint density at radius 2 is 1.76 bits per heavy atom. The molecule has 1 aliphatic carbocycles. The van der Waals surface area contributed by atoms with E-state index in [0.29, 0.717) is 6.04 Å². The largest absolute Gasteiger partial charge is 0.327 e. The molecule has 100 valence electrons. The van der Waals surface area contributed by atoms with E-state index in [1.807, 2.05) is 0 Å². The minimum absolute atomic E-state index is 0.450. The van der Waals surface area contributed by atoms with Gasteiger partial charge >= 0.3 is 0 Å². The fourth-order valence-electron chi connectivity index (χ4n) is 3.50. The number of thioether (sulfide) groups is 1. The van der Waals surface area contributed by atoms with Gasteiger partial charge in [0, 0.05) is 36.2 Å². The van der Waals surface area contributed by atoms with Crippen molar-refractivity contribution in [2.75, 3.05) is 19.6 Å². The van der Waals surface area contributed by atoms with E-state index in [-0.39, 0.29) is 0 Å². The van der Waals surface area contributed by atoms with Crippen LogP contribution in [0.4, 0.5) is 0 Å². The molecule has 0 amide bonds. The minimum Gasteiger partial charge on any atom is -0.327 e. The van der Waals surface area contributed by atoms with Gasteiger partial charge in [-0.1, -0.05) is 20.8 Å². The molecule has 0 bridgehead atoms. The molecule has 2 N–H and O–H groups in total. The first-order chi connectivity index (χ1) is 8.04. The SMILES string of the molecule is CC1CCC(N)C(CN2CC(C)SC(C)C2)C1. The van der Waals surface area contributed by atoms with E-state index in [9.17, 15) is 0 Å². The lowest BCUT2D eigenvalue weighted by atomic mass is 9.79. The van der Waals surface area contributed by atoms with E-state index in [4.69, 9.17) is 5.73 Å². The lowest BCUT2D eigenvalue weighted by Crippen LogP contribution is -2.47. The van der Waals surface area contributed by atoms with Crippen LogP contribution in [0.5, 0.6) is 0 Å². The molecular weight excluding hydrogens is 228 g/mol. The molecule has 2 aliphatic rings. The molecule has 2 rings (SSSR count). The topological polar surface area (TPSA) is 29.3 Å². The lowest BCUT2D eigenvalue weighted by Gasteiger charge is -2.40. The Hall–Kier alpha value is 0.270. The van der Waals surface area contributed by atoms with Crippen molar-refractivity contribution in [3.8, 4) is 0 Å². The average Bonchev–Trinajstić information content (AvgIpc) is 2.22. The predicted octanol–water partition coefficient (Wildman–Crippen LogP) is 2.58. The second-order valence-corrected chi connectivity index (χ2v) is 8.20. The van der Waals surface area contributed by atoms with Crippen molar-refractivity contribution in [2.24, 2.45) is 17.6 Å². The summed E-state index contributed by atoms with van der Waals surface area (Å²) in [4.78, 5) is 2.66. The maximum absolute atomic E-state index is 6.30. The summed E-state index contributed by atoms with van der Waals surface area (Å²) in [6, 6.07) is 0.450. The molecule has 0 radical (unpaired) electrons. The van der Waals surface area contributed by atoms with Crippen LogP contribution in [0.3, 0.4) is 0 Å². The molecule has 0 aromatic carbocycles. The minimum atomic E-state index is 0.450. The molecule has 0 aromatic heterocycles. The Bertz CT molecular complexity index is 236. The van der Waals surface area contributed by atoms with Gasteiger partial charge in [0.15, 0.2) is 0 Å². The number of hydrogen-bond acceptors (Lipinski definition) is 3. The van der Waals surface area contributed by atoms with Gasteiger partial charge in [-0.15, -0.1) is 0 Å². The molecule has 5 atom stereocenters. The smallest absolute Gasteiger partial charge is 0.0149 e. The molecule has 1 heterocycles. The highest BCUT2D eigenvalue weighted by Crippen LogP contribution is 2.31. The third-order valence-electron chi connectivity index (χ3n) is 4.29. The van der Waals surface area contributed by atoms with Gasteiger partial charge in [0.05, 0.1) is 0 Å². The van der Waals surface area contributed by atoms with Crippen LogP contribution in [-0.4, -0.2) is 41.1 Å². The Morgan fingerprint density at radius 3 is 2.41 bits per heavy atom. The van der Waals surface area contributed by atoms with Crippen LogP contribution in [-0.2, 0) is 0 Å². The van der Waals surface area contributed by atoms with Crippen LogP contribution in [0.15, 0.2) is 0 Å². The highest BCUT2D eigenvalue weighted by Gasteiger charge is 2.30. The van der Waals surface area contributed by atoms with Gasteiger partial charge in [-0.25, -0.2) is 0 Å². The Kier molecular flexibility index (Phi) is 4.79. The van der Waals surface area contributed by atoms with Crippen molar-refractivity contribution in [3.05, 3.63) is 0 Å². The molecule has 2 fully saturated rings. The normalized spacial score (nSPS) is 44.8. The lowest BCUT2D eigenvalue weighted by molar-refractivity contribution is 0.160. The number of nitrogens with zero attached hydrogens (tertiary/aromatic N) is 1. The second kappa shape index (κ2) is 5.94. The standard InChI is InChI=1S/C14H28N2S/c1-10-4-5-14(15)13(6-10)9-16-7-11(2)17-12(3)8-16/h10-14H,4-9,15H2,1-3H3. The van der Waals surface area contributed by atoms with Gasteiger partial charge in [0.1, 0.15) is 0 Å². The van der Waals surface area contributed by atoms with E-state index < -0.39 is 0 Å². The van der Waals surface area contributed by atoms with E-state index in [0.717, 1.165) is 22.3 Å². The van der Waals surface area contributed by atoms with Gasteiger partial charge in [-0.05, 0) is 31.1 Å². The summed E-state index contributed by atoms with van der Waals surface area (Å²) in [7, 11) is 0. The van der Waals surface area contributed by atoms with Crippen molar-refractivity contribution in [1.82, 2.24) is 4.90 Å². The van der Waals surface area contributed by atoms with Gasteiger partial charge in [-0.2, -0.15) is 11.8 Å². The third-order valence-corrected chi connectivity index (χ3v) is 5.52. The highest BCUT2D eigenvalue weighted by atomic mass is 32.2. The van der Waals surface area contributed by atoms with Crippen LogP contribution in [0.25, 0.3) is 0 Å². The molecule has 1 aliphatic heterocycles. The molecule has 3 heteroatoms. The van der Waals surface area contributed by atoms with E-state index >= 15 is 0 Å². The van der Waals surface area contributed by atoms with Crippen molar-refractivity contribution >= 4 is 11.8 Å². The maximum Gasteiger partial charge on any atom is 0.0149 e. The summed E-state index contributed by atoms with van der Waals surface area (Å²) < 4.78 is 0. The predicted molar refractivity (Wildman–Crippen MR) is 77.4 cm³/mol. The van der Waals surface area contributed by atoms with Gasteiger partial charge in [0.25, 0.3) is 0 Å².